The van der Waals surface area contributed by atoms with Crippen LogP contribution in [0.15, 0.2) is 36.5 Å². The Balaban J connectivity index is 2.30. The summed E-state index contributed by atoms with van der Waals surface area (Å²) in [7, 11) is 3.12. The first-order valence-electron chi connectivity index (χ1n) is 6.67. The molecule has 0 radical (unpaired) electrons. The molecular weight excluding hydrogens is 287 g/mol. The van der Waals surface area contributed by atoms with Crippen LogP contribution in [0.25, 0.3) is 16.9 Å². The van der Waals surface area contributed by atoms with E-state index in [0.29, 0.717) is 34.1 Å². The van der Waals surface area contributed by atoms with E-state index in [-0.39, 0.29) is 6.61 Å². The predicted octanol–water partition coefficient (Wildman–Crippen LogP) is 2.65. The Morgan fingerprint density at radius 3 is 2.68 bits per heavy atom. The lowest BCUT2D eigenvalue weighted by atomic mass is 10.1. The van der Waals surface area contributed by atoms with Crippen molar-refractivity contribution in [2.75, 3.05) is 14.2 Å². The first-order chi connectivity index (χ1) is 10.7. The fraction of sp³-hybridized carbons (Fsp3) is 0.188. The Morgan fingerprint density at radius 2 is 2.00 bits per heavy atom. The highest BCUT2D eigenvalue weighted by molar-refractivity contribution is 5.73. The summed E-state index contributed by atoms with van der Waals surface area (Å²) >= 11 is 0. The molecule has 0 bridgehead atoms. The van der Waals surface area contributed by atoms with Crippen LogP contribution < -0.4 is 9.47 Å². The zero-order valence-electron chi connectivity index (χ0n) is 12.2. The lowest BCUT2D eigenvalue weighted by Crippen LogP contribution is -1.96. The first-order valence-corrected chi connectivity index (χ1v) is 6.67. The number of hydrogen-bond acceptors (Lipinski definition) is 4. The minimum atomic E-state index is -0.399. The Labute approximate surface area is 126 Å². The SMILES string of the molecule is COc1ccc(OC)c(-c2nc3ccc(F)cn3c2CO)c1. The van der Waals surface area contributed by atoms with Crippen LogP contribution >= 0.6 is 0 Å². The molecule has 0 amide bonds. The quantitative estimate of drug-likeness (QED) is 0.805. The standard InChI is InChI=1S/C16H15FN2O3/c1-21-11-4-5-14(22-2)12(7-11)16-13(9-20)19-8-10(17)3-6-15(19)18-16/h3-8,20H,9H2,1-2H3. The second-order valence-electron chi connectivity index (χ2n) is 4.71. The Bertz CT molecular complexity index is 830. The fourth-order valence-electron chi connectivity index (χ4n) is 2.43. The smallest absolute Gasteiger partial charge is 0.139 e. The summed E-state index contributed by atoms with van der Waals surface area (Å²) in [5, 5.41) is 9.69. The van der Waals surface area contributed by atoms with E-state index >= 15 is 0 Å². The third-order valence-electron chi connectivity index (χ3n) is 3.49. The van der Waals surface area contributed by atoms with Crippen molar-refractivity contribution in [3.05, 3.63) is 48.0 Å². The van der Waals surface area contributed by atoms with Gasteiger partial charge in [-0.05, 0) is 30.3 Å². The van der Waals surface area contributed by atoms with Crippen LogP contribution in [0.1, 0.15) is 5.69 Å². The van der Waals surface area contributed by atoms with Crippen LogP contribution in [0.4, 0.5) is 4.39 Å². The third-order valence-corrected chi connectivity index (χ3v) is 3.49. The van der Waals surface area contributed by atoms with Crippen LogP contribution in [-0.4, -0.2) is 28.7 Å². The number of nitrogens with zero attached hydrogens (tertiary/aromatic N) is 2. The number of hydrogen-bond donors (Lipinski definition) is 1. The average Bonchev–Trinajstić information content (AvgIpc) is 2.91. The molecule has 0 atom stereocenters. The summed E-state index contributed by atoms with van der Waals surface area (Å²) < 4.78 is 25.6. The molecular formula is C16H15FN2O3. The van der Waals surface area contributed by atoms with Gasteiger partial charge in [-0.1, -0.05) is 0 Å². The zero-order valence-corrected chi connectivity index (χ0v) is 12.2. The zero-order chi connectivity index (χ0) is 15.7. The summed E-state index contributed by atoms with van der Waals surface area (Å²) in [5.74, 6) is 0.839. The fourth-order valence-corrected chi connectivity index (χ4v) is 2.43. The maximum atomic E-state index is 13.5. The minimum Gasteiger partial charge on any atom is -0.497 e. The molecule has 3 rings (SSSR count). The van der Waals surface area contributed by atoms with Crippen LogP contribution in [0.5, 0.6) is 11.5 Å². The van der Waals surface area contributed by atoms with Crippen molar-refractivity contribution in [3.8, 4) is 22.8 Å². The summed E-state index contributed by atoms with van der Waals surface area (Å²) in [5.41, 5.74) is 2.24. The number of pyridine rings is 1. The molecule has 2 aromatic heterocycles. The molecule has 1 aromatic carbocycles. The number of imidazole rings is 1. The molecule has 0 spiro atoms. The largest absolute Gasteiger partial charge is 0.497 e. The highest BCUT2D eigenvalue weighted by Crippen LogP contribution is 2.35. The van der Waals surface area contributed by atoms with Gasteiger partial charge in [-0.15, -0.1) is 0 Å². The summed E-state index contributed by atoms with van der Waals surface area (Å²) in [4.78, 5) is 4.48. The van der Waals surface area contributed by atoms with E-state index in [1.165, 1.54) is 16.7 Å². The van der Waals surface area contributed by atoms with E-state index in [4.69, 9.17) is 9.47 Å². The van der Waals surface area contributed by atoms with E-state index in [1.54, 1.807) is 38.5 Å². The molecule has 1 N–H and O–H groups in total. The number of aromatic nitrogens is 2. The highest BCUT2D eigenvalue weighted by Gasteiger charge is 2.18. The van der Waals surface area contributed by atoms with Gasteiger partial charge in [0.2, 0.25) is 0 Å². The Kier molecular flexibility index (Phi) is 3.68. The molecule has 0 aliphatic carbocycles. The van der Waals surface area contributed by atoms with Gasteiger partial charge in [-0.3, -0.25) is 4.40 Å². The van der Waals surface area contributed by atoms with Crippen molar-refractivity contribution in [3.63, 3.8) is 0 Å². The molecule has 5 nitrogen and oxygen atoms in total. The minimum absolute atomic E-state index is 0.277. The normalized spacial score (nSPS) is 10.9. The Hall–Kier alpha value is -2.60. The topological polar surface area (TPSA) is 56.0 Å². The number of aliphatic hydroxyl groups is 1. The molecule has 0 saturated carbocycles. The maximum Gasteiger partial charge on any atom is 0.139 e. The van der Waals surface area contributed by atoms with E-state index in [9.17, 15) is 9.50 Å². The van der Waals surface area contributed by atoms with Crippen LogP contribution in [0.2, 0.25) is 0 Å². The number of halogens is 1. The second kappa shape index (κ2) is 5.65. The lowest BCUT2D eigenvalue weighted by Gasteiger charge is -2.10. The van der Waals surface area contributed by atoms with Gasteiger partial charge in [0.15, 0.2) is 0 Å². The number of ether oxygens (including phenoxy) is 2. The van der Waals surface area contributed by atoms with Crippen molar-refractivity contribution < 1.29 is 19.0 Å². The average molecular weight is 302 g/mol. The molecule has 6 heteroatoms. The summed E-state index contributed by atoms with van der Waals surface area (Å²) in [6, 6.07) is 8.20. The predicted molar refractivity (Wildman–Crippen MR) is 79.6 cm³/mol. The monoisotopic (exact) mass is 302 g/mol. The lowest BCUT2D eigenvalue weighted by molar-refractivity contribution is 0.276. The first kappa shape index (κ1) is 14.3. The molecule has 0 aliphatic heterocycles. The Morgan fingerprint density at radius 1 is 1.18 bits per heavy atom. The molecule has 0 unspecified atom stereocenters. The van der Waals surface area contributed by atoms with Gasteiger partial charge >= 0.3 is 0 Å². The number of fused-ring (bicyclic) bond motifs is 1. The van der Waals surface area contributed by atoms with Crippen molar-refractivity contribution >= 4 is 5.65 Å². The number of methoxy groups -OCH3 is 2. The van der Waals surface area contributed by atoms with Crippen molar-refractivity contribution in [1.82, 2.24) is 9.38 Å². The van der Waals surface area contributed by atoms with E-state index < -0.39 is 5.82 Å². The second-order valence-corrected chi connectivity index (χ2v) is 4.71. The molecule has 2 heterocycles. The van der Waals surface area contributed by atoms with Crippen LogP contribution in [-0.2, 0) is 6.61 Å². The van der Waals surface area contributed by atoms with Crippen molar-refractivity contribution in [2.45, 2.75) is 6.61 Å². The molecule has 22 heavy (non-hydrogen) atoms. The van der Waals surface area contributed by atoms with Gasteiger partial charge in [0.25, 0.3) is 0 Å². The summed E-state index contributed by atoms with van der Waals surface area (Å²) in [6.07, 6.45) is 1.30. The van der Waals surface area contributed by atoms with Gasteiger partial charge in [-0.2, -0.15) is 0 Å². The highest BCUT2D eigenvalue weighted by atomic mass is 19.1. The van der Waals surface area contributed by atoms with Gasteiger partial charge in [0.05, 0.1) is 32.2 Å². The van der Waals surface area contributed by atoms with Crippen molar-refractivity contribution in [2.24, 2.45) is 0 Å². The van der Waals surface area contributed by atoms with Gasteiger partial charge in [0, 0.05) is 11.8 Å². The number of benzene rings is 1. The van der Waals surface area contributed by atoms with Gasteiger partial charge < -0.3 is 14.6 Å². The van der Waals surface area contributed by atoms with Crippen LogP contribution in [0.3, 0.4) is 0 Å². The maximum absolute atomic E-state index is 13.5. The van der Waals surface area contributed by atoms with E-state index in [1.807, 2.05) is 0 Å². The molecule has 0 saturated heterocycles. The van der Waals surface area contributed by atoms with E-state index in [0.717, 1.165) is 0 Å². The third kappa shape index (κ3) is 2.27. The molecule has 3 aromatic rings. The molecule has 0 fully saturated rings. The number of aliphatic hydroxyl groups excluding tert-OH is 1. The van der Waals surface area contributed by atoms with E-state index in [2.05, 4.69) is 4.98 Å². The van der Waals surface area contributed by atoms with Crippen molar-refractivity contribution in [1.29, 1.82) is 0 Å². The summed E-state index contributed by atoms with van der Waals surface area (Å²) in [6.45, 7) is -0.277. The van der Waals surface area contributed by atoms with Gasteiger partial charge in [0.1, 0.15) is 23.0 Å². The molecule has 0 aliphatic rings. The molecule has 114 valence electrons. The van der Waals surface area contributed by atoms with Crippen LogP contribution in [0, 0.1) is 5.82 Å². The number of rotatable bonds is 4. The van der Waals surface area contributed by atoms with Gasteiger partial charge in [-0.25, -0.2) is 9.37 Å².